The second-order valence-corrected chi connectivity index (χ2v) is 6.86. The minimum absolute atomic E-state index is 0.0565. The Bertz CT molecular complexity index is 576. The molecule has 20 heavy (non-hydrogen) atoms. The van der Waals surface area contributed by atoms with Crippen LogP contribution in [0, 0.1) is 12.8 Å². The molecule has 2 rings (SSSR count). The van der Waals surface area contributed by atoms with Gasteiger partial charge in [0.1, 0.15) is 9.88 Å². The molecule has 1 amide bonds. The summed E-state index contributed by atoms with van der Waals surface area (Å²) in [6.45, 7) is 5.72. The van der Waals surface area contributed by atoms with Crippen LogP contribution in [-0.2, 0) is 0 Å². The van der Waals surface area contributed by atoms with Crippen LogP contribution < -0.4 is 5.32 Å². The summed E-state index contributed by atoms with van der Waals surface area (Å²) in [5.74, 6) is 0.0319. The second kappa shape index (κ2) is 6.47. The number of thiazole rings is 1. The van der Waals surface area contributed by atoms with Crippen LogP contribution in [0.2, 0.25) is 0 Å². The van der Waals surface area contributed by atoms with E-state index >= 15 is 0 Å². The Morgan fingerprint density at radius 2 is 2.25 bits per heavy atom. The van der Waals surface area contributed by atoms with Crippen LogP contribution >= 0.6 is 22.7 Å². The Kier molecular flexibility index (Phi) is 4.91. The molecule has 0 spiro atoms. The van der Waals surface area contributed by atoms with Crippen molar-refractivity contribution in [2.24, 2.45) is 5.92 Å². The molecule has 2 N–H and O–H groups in total. The summed E-state index contributed by atoms with van der Waals surface area (Å²) in [6.07, 6.45) is 0. The number of thiophene rings is 1. The van der Waals surface area contributed by atoms with Gasteiger partial charge in [-0.05, 0) is 24.3 Å². The molecule has 2 aromatic rings. The van der Waals surface area contributed by atoms with Crippen molar-refractivity contribution in [3.8, 4) is 9.88 Å². The van der Waals surface area contributed by atoms with Gasteiger partial charge in [0.25, 0.3) is 5.91 Å². The van der Waals surface area contributed by atoms with Crippen LogP contribution in [0.5, 0.6) is 0 Å². The Balaban J connectivity index is 2.18. The number of carbonyl (C=O) groups is 1. The zero-order valence-corrected chi connectivity index (χ0v) is 13.3. The quantitative estimate of drug-likeness (QED) is 0.892. The van der Waals surface area contributed by atoms with E-state index in [4.69, 9.17) is 0 Å². The molecule has 0 aliphatic rings. The molecule has 0 aliphatic carbocycles. The molecule has 0 fully saturated rings. The number of rotatable bonds is 5. The van der Waals surface area contributed by atoms with E-state index in [0.717, 1.165) is 15.6 Å². The maximum absolute atomic E-state index is 12.3. The first kappa shape index (κ1) is 15.2. The molecule has 2 aromatic heterocycles. The zero-order chi connectivity index (χ0) is 14.7. The van der Waals surface area contributed by atoms with Crippen LogP contribution in [0.15, 0.2) is 17.5 Å². The normalized spacial score (nSPS) is 12.7. The van der Waals surface area contributed by atoms with E-state index in [9.17, 15) is 9.90 Å². The molecule has 0 aliphatic heterocycles. The molecule has 0 saturated carbocycles. The smallest absolute Gasteiger partial charge is 0.263 e. The average molecular weight is 310 g/mol. The van der Waals surface area contributed by atoms with E-state index in [1.54, 1.807) is 11.3 Å². The second-order valence-electron chi connectivity index (χ2n) is 4.92. The highest BCUT2D eigenvalue weighted by atomic mass is 32.1. The van der Waals surface area contributed by atoms with Gasteiger partial charge in [-0.15, -0.1) is 22.7 Å². The third kappa shape index (κ3) is 3.26. The van der Waals surface area contributed by atoms with E-state index in [0.29, 0.717) is 4.88 Å². The molecular weight excluding hydrogens is 292 g/mol. The fourth-order valence-electron chi connectivity index (χ4n) is 1.77. The fraction of sp³-hybridized carbons (Fsp3) is 0.429. The van der Waals surface area contributed by atoms with Crippen molar-refractivity contribution in [1.29, 1.82) is 0 Å². The summed E-state index contributed by atoms with van der Waals surface area (Å²) >= 11 is 3.00. The van der Waals surface area contributed by atoms with Gasteiger partial charge in [-0.2, -0.15) is 0 Å². The summed E-state index contributed by atoms with van der Waals surface area (Å²) in [5.41, 5.74) is 0.733. The highest BCUT2D eigenvalue weighted by Crippen LogP contribution is 2.31. The molecule has 0 aromatic carbocycles. The van der Waals surface area contributed by atoms with Crippen molar-refractivity contribution < 1.29 is 9.90 Å². The van der Waals surface area contributed by atoms with E-state index in [2.05, 4.69) is 10.3 Å². The van der Waals surface area contributed by atoms with Gasteiger partial charge in [0.2, 0.25) is 0 Å². The monoisotopic (exact) mass is 310 g/mol. The lowest BCUT2D eigenvalue weighted by atomic mass is 10.1. The highest BCUT2D eigenvalue weighted by Gasteiger charge is 2.21. The van der Waals surface area contributed by atoms with Gasteiger partial charge >= 0.3 is 0 Å². The largest absolute Gasteiger partial charge is 0.394 e. The zero-order valence-electron chi connectivity index (χ0n) is 11.7. The Morgan fingerprint density at radius 1 is 1.50 bits per heavy atom. The number of aryl methyl sites for hydroxylation is 1. The highest BCUT2D eigenvalue weighted by molar-refractivity contribution is 7.22. The number of carbonyl (C=O) groups excluding carboxylic acids is 1. The fourth-order valence-corrected chi connectivity index (χ4v) is 3.54. The number of hydrogen-bond donors (Lipinski definition) is 2. The maximum Gasteiger partial charge on any atom is 0.263 e. The average Bonchev–Trinajstić information content (AvgIpc) is 3.03. The van der Waals surface area contributed by atoms with Crippen molar-refractivity contribution in [2.45, 2.75) is 26.8 Å². The molecule has 6 heteroatoms. The van der Waals surface area contributed by atoms with Crippen molar-refractivity contribution >= 4 is 28.6 Å². The molecule has 4 nitrogen and oxygen atoms in total. The Morgan fingerprint density at radius 3 is 2.80 bits per heavy atom. The van der Waals surface area contributed by atoms with Crippen LogP contribution in [0.4, 0.5) is 0 Å². The minimum atomic E-state index is -0.228. The first-order valence-electron chi connectivity index (χ1n) is 6.46. The maximum atomic E-state index is 12.3. The first-order valence-corrected chi connectivity index (χ1v) is 8.15. The van der Waals surface area contributed by atoms with Crippen LogP contribution in [0.1, 0.15) is 29.2 Å². The predicted molar refractivity (Wildman–Crippen MR) is 83.3 cm³/mol. The van der Waals surface area contributed by atoms with Crippen molar-refractivity contribution in [3.63, 3.8) is 0 Å². The molecular formula is C14H18N2O2S2. The number of aliphatic hydroxyl groups is 1. The van der Waals surface area contributed by atoms with Gasteiger partial charge in [-0.25, -0.2) is 4.98 Å². The SMILES string of the molecule is Cc1nc(-c2cccs2)sc1C(=O)NC(CO)C(C)C. The molecule has 2 heterocycles. The summed E-state index contributed by atoms with van der Waals surface area (Å²) in [6, 6.07) is 3.74. The van der Waals surface area contributed by atoms with Gasteiger partial charge in [0.05, 0.1) is 23.2 Å². The summed E-state index contributed by atoms with van der Waals surface area (Å²) in [4.78, 5) is 18.4. The van der Waals surface area contributed by atoms with Crippen molar-refractivity contribution in [2.75, 3.05) is 6.61 Å². The van der Waals surface area contributed by atoms with Gasteiger partial charge < -0.3 is 10.4 Å². The predicted octanol–water partition coefficient (Wildman–Crippen LogP) is 2.93. The first-order chi connectivity index (χ1) is 9.52. The van der Waals surface area contributed by atoms with Crippen LogP contribution in [-0.4, -0.2) is 28.6 Å². The third-order valence-electron chi connectivity index (χ3n) is 3.05. The van der Waals surface area contributed by atoms with E-state index < -0.39 is 0 Å². The van der Waals surface area contributed by atoms with Gasteiger partial charge in [-0.1, -0.05) is 19.9 Å². The number of amides is 1. The molecule has 1 unspecified atom stereocenters. The Labute approximate surface area is 126 Å². The standard InChI is InChI=1S/C14H18N2O2S2/c1-8(2)10(7-17)16-13(18)12-9(3)15-14(20-12)11-5-4-6-19-11/h4-6,8,10,17H,7H2,1-3H3,(H,16,18). The lowest BCUT2D eigenvalue weighted by Gasteiger charge is -2.19. The van der Waals surface area contributed by atoms with Crippen LogP contribution in [0.25, 0.3) is 9.88 Å². The van der Waals surface area contributed by atoms with Gasteiger partial charge in [0, 0.05) is 0 Å². The van der Waals surface area contributed by atoms with Crippen molar-refractivity contribution in [3.05, 3.63) is 28.1 Å². The lowest BCUT2D eigenvalue weighted by molar-refractivity contribution is 0.0900. The molecule has 0 radical (unpaired) electrons. The lowest BCUT2D eigenvalue weighted by Crippen LogP contribution is -2.41. The molecule has 0 bridgehead atoms. The van der Waals surface area contributed by atoms with Crippen molar-refractivity contribution in [1.82, 2.24) is 10.3 Å². The molecule has 0 saturated heterocycles. The summed E-state index contributed by atoms with van der Waals surface area (Å²) in [5, 5.41) is 15.0. The number of aromatic nitrogens is 1. The van der Waals surface area contributed by atoms with Crippen LogP contribution in [0.3, 0.4) is 0 Å². The molecule has 1 atom stereocenters. The summed E-state index contributed by atoms with van der Waals surface area (Å²) < 4.78 is 0. The minimum Gasteiger partial charge on any atom is -0.394 e. The van der Waals surface area contributed by atoms with Gasteiger partial charge in [-0.3, -0.25) is 4.79 Å². The van der Waals surface area contributed by atoms with E-state index in [1.165, 1.54) is 11.3 Å². The number of nitrogens with one attached hydrogen (secondary N) is 1. The number of aliphatic hydroxyl groups excluding tert-OH is 1. The summed E-state index contributed by atoms with van der Waals surface area (Å²) in [7, 11) is 0. The van der Waals surface area contributed by atoms with Gasteiger partial charge in [0.15, 0.2) is 0 Å². The van der Waals surface area contributed by atoms with E-state index in [-0.39, 0.29) is 24.5 Å². The molecule has 108 valence electrons. The third-order valence-corrected chi connectivity index (χ3v) is 5.25. The van der Waals surface area contributed by atoms with E-state index in [1.807, 2.05) is 38.3 Å². The Hall–Kier alpha value is -1.24. The topological polar surface area (TPSA) is 62.2 Å². The number of nitrogens with zero attached hydrogens (tertiary/aromatic N) is 1. The number of hydrogen-bond acceptors (Lipinski definition) is 5.